The Balaban J connectivity index is 1.71. The summed E-state index contributed by atoms with van der Waals surface area (Å²) in [4.78, 5) is 30.1. The fraction of sp³-hybridized carbons (Fsp3) is 0.412. The van der Waals surface area contributed by atoms with Crippen LogP contribution in [0.4, 0.5) is 4.79 Å². The number of benzene rings is 1. The summed E-state index contributed by atoms with van der Waals surface area (Å²) in [5.74, 6) is -0.118. The molecule has 8 nitrogen and oxygen atoms in total. The van der Waals surface area contributed by atoms with Gasteiger partial charge in [0.1, 0.15) is 18.7 Å². The van der Waals surface area contributed by atoms with Gasteiger partial charge in [-0.1, -0.05) is 30.3 Å². The third-order valence-electron chi connectivity index (χ3n) is 4.42. The van der Waals surface area contributed by atoms with Crippen molar-refractivity contribution in [2.75, 3.05) is 13.1 Å². The molecule has 0 saturated carbocycles. The SMILES string of the molecule is NC(=O)NC(Cc1ccccc1)C(=O)N1CCCC(n2cncn2)C1. The Morgan fingerprint density at radius 3 is 2.80 bits per heavy atom. The Bertz CT molecular complexity index is 703. The quantitative estimate of drug-likeness (QED) is 0.835. The molecule has 2 atom stereocenters. The molecule has 3 rings (SSSR count). The fourth-order valence-corrected chi connectivity index (χ4v) is 3.22. The van der Waals surface area contributed by atoms with Crippen LogP contribution in [0.2, 0.25) is 0 Å². The van der Waals surface area contributed by atoms with E-state index in [2.05, 4.69) is 15.4 Å². The van der Waals surface area contributed by atoms with Crippen LogP contribution in [0.1, 0.15) is 24.4 Å². The lowest BCUT2D eigenvalue weighted by atomic mass is 10.0. The first-order valence-corrected chi connectivity index (χ1v) is 8.36. The zero-order chi connectivity index (χ0) is 17.6. The van der Waals surface area contributed by atoms with Crippen molar-refractivity contribution < 1.29 is 9.59 Å². The van der Waals surface area contributed by atoms with Crippen LogP contribution in [0.25, 0.3) is 0 Å². The highest BCUT2D eigenvalue weighted by atomic mass is 16.2. The van der Waals surface area contributed by atoms with Crippen LogP contribution >= 0.6 is 0 Å². The standard InChI is InChI=1S/C17H22N6O2/c18-17(25)21-15(9-13-5-2-1-3-6-13)16(24)22-8-4-7-14(10-22)23-12-19-11-20-23/h1-3,5-6,11-12,14-15H,4,7-10H2,(H3,18,21,25). The molecule has 0 spiro atoms. The van der Waals surface area contributed by atoms with Crippen LogP contribution in [-0.4, -0.2) is 50.7 Å². The number of rotatable bonds is 5. The number of nitrogens with zero attached hydrogens (tertiary/aromatic N) is 4. The minimum absolute atomic E-state index is 0.103. The maximum atomic E-state index is 13.0. The molecule has 132 valence electrons. The smallest absolute Gasteiger partial charge is 0.312 e. The van der Waals surface area contributed by atoms with E-state index in [9.17, 15) is 9.59 Å². The van der Waals surface area contributed by atoms with E-state index in [0.29, 0.717) is 19.5 Å². The van der Waals surface area contributed by atoms with Gasteiger partial charge >= 0.3 is 6.03 Å². The topological polar surface area (TPSA) is 106 Å². The van der Waals surface area contributed by atoms with Crippen molar-refractivity contribution in [2.24, 2.45) is 5.73 Å². The number of amides is 3. The molecular formula is C17H22N6O2. The van der Waals surface area contributed by atoms with E-state index in [-0.39, 0.29) is 11.9 Å². The van der Waals surface area contributed by atoms with Gasteiger partial charge in [0, 0.05) is 19.5 Å². The van der Waals surface area contributed by atoms with E-state index < -0.39 is 12.1 Å². The molecule has 25 heavy (non-hydrogen) atoms. The molecule has 1 aromatic heterocycles. The third kappa shape index (κ3) is 4.34. The number of urea groups is 1. The van der Waals surface area contributed by atoms with Crippen molar-refractivity contribution in [1.82, 2.24) is 25.0 Å². The van der Waals surface area contributed by atoms with E-state index in [1.165, 1.54) is 6.33 Å². The first-order valence-electron chi connectivity index (χ1n) is 8.36. The van der Waals surface area contributed by atoms with Crippen molar-refractivity contribution in [2.45, 2.75) is 31.3 Å². The molecule has 1 aliphatic rings. The number of aromatic nitrogens is 3. The number of nitrogens with two attached hydrogens (primary N) is 1. The van der Waals surface area contributed by atoms with Gasteiger partial charge in [0.2, 0.25) is 5.91 Å². The van der Waals surface area contributed by atoms with Crippen LogP contribution in [0, 0.1) is 0 Å². The second kappa shape index (κ2) is 7.78. The zero-order valence-corrected chi connectivity index (χ0v) is 13.9. The summed E-state index contributed by atoms with van der Waals surface area (Å²) in [5.41, 5.74) is 6.25. The molecule has 3 amide bonds. The summed E-state index contributed by atoms with van der Waals surface area (Å²) in [7, 11) is 0. The maximum absolute atomic E-state index is 13.0. The second-order valence-electron chi connectivity index (χ2n) is 6.21. The van der Waals surface area contributed by atoms with Crippen molar-refractivity contribution in [3.8, 4) is 0 Å². The first-order chi connectivity index (χ1) is 12.1. The number of hydrogen-bond donors (Lipinski definition) is 2. The van der Waals surface area contributed by atoms with Crippen molar-refractivity contribution in [3.05, 3.63) is 48.5 Å². The number of primary amides is 1. The molecule has 8 heteroatoms. The van der Waals surface area contributed by atoms with Crippen LogP contribution in [0.3, 0.4) is 0 Å². The maximum Gasteiger partial charge on any atom is 0.312 e. The molecule has 1 aliphatic heterocycles. The van der Waals surface area contributed by atoms with Gasteiger partial charge in [-0.3, -0.25) is 4.79 Å². The highest BCUT2D eigenvalue weighted by molar-refractivity contribution is 5.87. The number of piperidine rings is 1. The monoisotopic (exact) mass is 342 g/mol. The Labute approximate surface area is 146 Å². The zero-order valence-electron chi connectivity index (χ0n) is 13.9. The van der Waals surface area contributed by atoms with E-state index in [1.54, 1.807) is 15.9 Å². The molecule has 1 saturated heterocycles. The summed E-state index contributed by atoms with van der Waals surface area (Å²) >= 11 is 0. The third-order valence-corrected chi connectivity index (χ3v) is 4.42. The minimum Gasteiger partial charge on any atom is -0.352 e. The van der Waals surface area contributed by atoms with E-state index in [1.807, 2.05) is 30.3 Å². The highest BCUT2D eigenvalue weighted by Gasteiger charge is 2.30. The van der Waals surface area contributed by atoms with Crippen LogP contribution < -0.4 is 11.1 Å². The molecule has 3 N–H and O–H groups in total. The second-order valence-corrected chi connectivity index (χ2v) is 6.21. The van der Waals surface area contributed by atoms with Gasteiger partial charge in [0.15, 0.2) is 0 Å². The molecule has 0 bridgehead atoms. The van der Waals surface area contributed by atoms with Crippen molar-refractivity contribution in [1.29, 1.82) is 0 Å². The molecule has 2 heterocycles. The summed E-state index contributed by atoms with van der Waals surface area (Å²) in [5, 5.41) is 6.76. The van der Waals surface area contributed by atoms with Gasteiger partial charge in [-0.2, -0.15) is 5.10 Å². The average molecular weight is 342 g/mol. The van der Waals surface area contributed by atoms with Gasteiger partial charge in [-0.15, -0.1) is 0 Å². The normalized spacial score (nSPS) is 18.6. The van der Waals surface area contributed by atoms with Gasteiger partial charge < -0.3 is 16.0 Å². The molecule has 1 fully saturated rings. The summed E-state index contributed by atoms with van der Waals surface area (Å²) in [6.45, 7) is 1.21. The number of likely N-dealkylation sites (tertiary alicyclic amines) is 1. The lowest BCUT2D eigenvalue weighted by Gasteiger charge is -2.35. The fourth-order valence-electron chi connectivity index (χ4n) is 3.22. The molecule has 2 aromatic rings. The van der Waals surface area contributed by atoms with Gasteiger partial charge in [-0.05, 0) is 18.4 Å². The molecule has 1 aromatic carbocycles. The van der Waals surface area contributed by atoms with Crippen LogP contribution in [-0.2, 0) is 11.2 Å². The van der Waals surface area contributed by atoms with Gasteiger partial charge in [-0.25, -0.2) is 14.5 Å². The Morgan fingerprint density at radius 2 is 2.12 bits per heavy atom. The molecular weight excluding hydrogens is 320 g/mol. The first kappa shape index (κ1) is 16.9. The summed E-state index contributed by atoms with van der Waals surface area (Å²) in [6.07, 6.45) is 5.40. The number of carbonyl (C=O) groups is 2. The van der Waals surface area contributed by atoms with Crippen molar-refractivity contribution >= 4 is 11.9 Å². The van der Waals surface area contributed by atoms with E-state index in [0.717, 1.165) is 18.4 Å². The largest absolute Gasteiger partial charge is 0.352 e. The Morgan fingerprint density at radius 1 is 1.32 bits per heavy atom. The molecule has 2 unspecified atom stereocenters. The minimum atomic E-state index is -0.695. The van der Waals surface area contributed by atoms with Crippen molar-refractivity contribution in [3.63, 3.8) is 0 Å². The summed E-state index contributed by atoms with van der Waals surface area (Å²) in [6, 6.07) is 8.31. The number of carbonyl (C=O) groups excluding carboxylic acids is 2. The van der Waals surface area contributed by atoms with E-state index in [4.69, 9.17) is 5.73 Å². The van der Waals surface area contributed by atoms with Crippen LogP contribution in [0.15, 0.2) is 43.0 Å². The Hall–Kier alpha value is -2.90. The van der Waals surface area contributed by atoms with Gasteiger partial charge in [0.05, 0.1) is 6.04 Å². The molecule has 0 aliphatic carbocycles. The highest BCUT2D eigenvalue weighted by Crippen LogP contribution is 2.21. The number of nitrogens with one attached hydrogen (secondary N) is 1. The predicted octanol–water partition coefficient (Wildman–Crippen LogP) is 0.721. The van der Waals surface area contributed by atoms with Gasteiger partial charge in [0.25, 0.3) is 0 Å². The average Bonchev–Trinajstić information content (AvgIpc) is 3.16. The van der Waals surface area contributed by atoms with Crippen LogP contribution in [0.5, 0.6) is 0 Å². The summed E-state index contributed by atoms with van der Waals surface area (Å²) < 4.78 is 1.78. The molecule has 0 radical (unpaired) electrons. The Kier molecular flexibility index (Phi) is 5.27. The lowest BCUT2D eigenvalue weighted by molar-refractivity contribution is -0.134. The lowest BCUT2D eigenvalue weighted by Crippen LogP contribution is -2.53. The van der Waals surface area contributed by atoms with E-state index >= 15 is 0 Å². The predicted molar refractivity (Wildman–Crippen MR) is 91.5 cm³/mol. The number of hydrogen-bond acceptors (Lipinski definition) is 4.